The smallest absolute Gasteiger partial charge is 0.200 e. The van der Waals surface area contributed by atoms with Gasteiger partial charge in [0.1, 0.15) is 20.7 Å². The lowest BCUT2D eigenvalue weighted by Gasteiger charge is -2.16. The zero-order chi connectivity index (χ0) is 25.2. The van der Waals surface area contributed by atoms with Crippen molar-refractivity contribution in [2.45, 2.75) is 23.4 Å². The van der Waals surface area contributed by atoms with Crippen LogP contribution in [0.1, 0.15) is 18.9 Å². The van der Waals surface area contributed by atoms with E-state index < -0.39 is 5.82 Å². The van der Waals surface area contributed by atoms with Gasteiger partial charge in [0.2, 0.25) is 5.16 Å². The van der Waals surface area contributed by atoms with E-state index in [0.717, 1.165) is 41.0 Å². The summed E-state index contributed by atoms with van der Waals surface area (Å²) in [4.78, 5) is 13.0. The molecule has 1 aliphatic rings. The van der Waals surface area contributed by atoms with Crippen LogP contribution in [0.15, 0.2) is 57.9 Å². The lowest BCUT2D eigenvalue weighted by molar-refractivity contribution is -0.465. The van der Waals surface area contributed by atoms with E-state index in [1.54, 1.807) is 17.5 Å². The molecular formula is C25H27FN7O2S+. The number of hydrogen-bond donors (Lipinski definition) is 1. The monoisotopic (exact) mass is 508 g/mol. The van der Waals surface area contributed by atoms with Crippen LogP contribution in [0.5, 0.6) is 0 Å². The zero-order valence-electron chi connectivity index (χ0n) is 20.3. The Labute approximate surface area is 211 Å². The summed E-state index contributed by atoms with van der Waals surface area (Å²) in [5, 5.41) is 22.6. The Morgan fingerprint density at radius 1 is 1.25 bits per heavy atom. The van der Waals surface area contributed by atoms with Gasteiger partial charge < -0.3 is 14.8 Å². The topological polar surface area (TPSA) is 91.1 Å². The van der Waals surface area contributed by atoms with Crippen molar-refractivity contribution in [3.63, 3.8) is 0 Å². The van der Waals surface area contributed by atoms with Crippen LogP contribution >= 0.6 is 11.8 Å². The van der Waals surface area contributed by atoms with Crippen LogP contribution in [0, 0.1) is 5.82 Å². The molecular weight excluding hydrogens is 481 g/mol. The van der Waals surface area contributed by atoms with E-state index in [2.05, 4.69) is 56.0 Å². The fourth-order valence-electron chi connectivity index (χ4n) is 4.10. The lowest BCUT2D eigenvalue weighted by Crippen LogP contribution is -2.22. The van der Waals surface area contributed by atoms with Crippen LogP contribution in [0.3, 0.4) is 0 Å². The van der Waals surface area contributed by atoms with Gasteiger partial charge in [-0.25, -0.2) is 8.97 Å². The highest BCUT2D eigenvalue weighted by molar-refractivity contribution is 7.99. The minimum atomic E-state index is -0.504. The van der Waals surface area contributed by atoms with E-state index in [1.165, 1.54) is 23.5 Å². The molecule has 0 radical (unpaired) electrons. The van der Waals surface area contributed by atoms with Gasteiger partial charge in [0.05, 0.1) is 36.3 Å². The highest BCUT2D eigenvalue weighted by Crippen LogP contribution is 2.31. The van der Waals surface area contributed by atoms with Crippen molar-refractivity contribution >= 4 is 45.4 Å². The van der Waals surface area contributed by atoms with Crippen LogP contribution in [0.25, 0.3) is 16.6 Å². The summed E-state index contributed by atoms with van der Waals surface area (Å²) in [7, 11) is 4.17. The van der Waals surface area contributed by atoms with Crippen LogP contribution in [0.4, 0.5) is 10.1 Å². The fourth-order valence-corrected chi connectivity index (χ4v) is 4.96. The number of pyridine rings is 2. The summed E-state index contributed by atoms with van der Waals surface area (Å²) in [6.07, 6.45) is 4.71. The number of fused-ring (bicyclic) bond motifs is 2. The van der Waals surface area contributed by atoms with Gasteiger partial charge in [-0.05, 0) is 49.0 Å². The normalized spacial score (nSPS) is 14.3. The molecule has 36 heavy (non-hydrogen) atoms. The maximum Gasteiger partial charge on any atom is 0.200 e. The minimum absolute atomic E-state index is 0.0706. The number of halogens is 1. The maximum absolute atomic E-state index is 14.7. The Bertz CT molecular complexity index is 1500. The molecule has 4 heterocycles. The predicted octanol–water partition coefficient (Wildman–Crippen LogP) is 3.22. The summed E-state index contributed by atoms with van der Waals surface area (Å²) < 4.78 is 18.5. The van der Waals surface area contributed by atoms with Gasteiger partial charge in [-0.15, -0.1) is 10.2 Å². The van der Waals surface area contributed by atoms with Crippen LogP contribution in [-0.4, -0.2) is 81.1 Å². The van der Waals surface area contributed by atoms with Crippen molar-refractivity contribution in [2.24, 2.45) is 5.16 Å². The molecule has 1 N–H and O–H groups in total. The second-order valence-corrected chi connectivity index (χ2v) is 9.81. The summed E-state index contributed by atoms with van der Waals surface area (Å²) in [5.74, 6) is -0.504. The number of rotatable bonds is 7. The van der Waals surface area contributed by atoms with E-state index in [9.17, 15) is 4.39 Å². The largest absolute Gasteiger partial charge is 0.393 e. The fraction of sp³-hybridized carbons (Fsp3) is 0.320. The molecule has 186 valence electrons. The van der Waals surface area contributed by atoms with Crippen LogP contribution < -0.4 is 4.90 Å². The molecule has 1 aliphatic heterocycles. The zero-order valence-corrected chi connectivity index (χ0v) is 21.2. The number of hydrogen-bond acceptors (Lipinski definition) is 8. The number of anilines is 1. The predicted molar refractivity (Wildman–Crippen MR) is 138 cm³/mol. The van der Waals surface area contributed by atoms with Crippen LogP contribution in [-0.2, 0) is 4.84 Å². The highest BCUT2D eigenvalue weighted by Gasteiger charge is 2.23. The summed E-state index contributed by atoms with van der Waals surface area (Å²) in [6, 6.07) is 9.54. The van der Waals surface area contributed by atoms with E-state index in [1.807, 2.05) is 18.3 Å². The molecule has 4 aromatic rings. The van der Waals surface area contributed by atoms with Gasteiger partial charge in [0.15, 0.2) is 17.2 Å². The molecule has 0 bridgehead atoms. The third-order valence-electron chi connectivity index (χ3n) is 6.12. The summed E-state index contributed by atoms with van der Waals surface area (Å²) >= 11 is 1.40. The number of aliphatic hydroxyl groups is 1. The first kappa shape index (κ1) is 24.1. The van der Waals surface area contributed by atoms with E-state index in [0.29, 0.717) is 16.4 Å². The van der Waals surface area contributed by atoms with E-state index >= 15 is 0 Å². The first-order valence-electron chi connectivity index (χ1n) is 11.6. The molecule has 9 nitrogen and oxygen atoms in total. The molecule has 0 unspecified atom stereocenters. The molecule has 11 heteroatoms. The number of oxime groups is 1. The number of nitrogens with zero attached hydrogens (tertiary/aromatic N) is 7. The third kappa shape index (κ3) is 4.89. The number of benzene rings is 1. The Kier molecular flexibility index (Phi) is 6.84. The van der Waals surface area contributed by atoms with Crippen molar-refractivity contribution < 1.29 is 18.9 Å². The second-order valence-electron chi connectivity index (χ2n) is 8.77. The Morgan fingerprint density at radius 3 is 2.89 bits per heavy atom. The lowest BCUT2D eigenvalue weighted by atomic mass is 10.2. The Morgan fingerprint density at radius 2 is 2.11 bits per heavy atom. The maximum atomic E-state index is 14.7. The molecule has 1 saturated heterocycles. The first-order valence-corrected chi connectivity index (χ1v) is 12.4. The molecule has 0 saturated carbocycles. The van der Waals surface area contributed by atoms with Crippen LogP contribution in [0.2, 0.25) is 0 Å². The van der Waals surface area contributed by atoms with Crippen molar-refractivity contribution in [1.82, 2.24) is 19.6 Å². The molecule has 1 aromatic carbocycles. The van der Waals surface area contributed by atoms with E-state index in [4.69, 9.17) is 9.94 Å². The standard InChI is InChI=1S/C25H27FN7O2S/c1-16(30-35-9-8-34)18-12-22(26)24-28-29-25(33(24)14-18)36-21-4-5-23-17(11-21)10-20(13-27-23)32-7-6-19(15-32)31(2)3/h4-5,10-14,34H,6-9,15H2,1-3H3/q+1. The Balaban J connectivity index is 1.43. The molecule has 5 rings (SSSR count). The van der Waals surface area contributed by atoms with Crippen molar-refractivity contribution in [3.05, 3.63) is 54.1 Å². The molecule has 0 amide bonds. The van der Waals surface area contributed by atoms with E-state index in [-0.39, 0.29) is 18.9 Å². The molecule has 0 spiro atoms. The van der Waals surface area contributed by atoms with Gasteiger partial charge in [-0.2, -0.15) is 0 Å². The highest BCUT2D eigenvalue weighted by atomic mass is 32.2. The number of aromatic nitrogens is 4. The first-order chi connectivity index (χ1) is 17.4. The second kappa shape index (κ2) is 10.2. The van der Waals surface area contributed by atoms with Gasteiger partial charge >= 0.3 is 0 Å². The molecule has 3 aromatic heterocycles. The van der Waals surface area contributed by atoms with Gasteiger partial charge in [0, 0.05) is 35.0 Å². The average molecular weight is 509 g/mol. The molecule has 0 atom stereocenters. The average Bonchev–Trinajstić information content (AvgIpc) is 3.52. The summed E-state index contributed by atoms with van der Waals surface area (Å²) in [5.41, 5.74) is 4.57. The quantitative estimate of drug-likeness (QED) is 0.177. The summed E-state index contributed by atoms with van der Waals surface area (Å²) in [6.45, 7) is 3.52. The van der Waals surface area contributed by atoms with Gasteiger partial charge in [-0.1, -0.05) is 5.16 Å². The van der Waals surface area contributed by atoms with Crippen molar-refractivity contribution in [1.29, 1.82) is 0 Å². The van der Waals surface area contributed by atoms with Gasteiger partial charge in [0.25, 0.3) is 0 Å². The third-order valence-corrected chi connectivity index (χ3v) is 7.07. The number of aliphatic hydroxyl groups excluding tert-OH is 1. The minimum Gasteiger partial charge on any atom is -0.393 e. The molecule has 0 aliphatic carbocycles. The SMILES string of the molecule is CC(=NOCCO)c1cc(F)c2nnc(Sc3ccc4ncc(N5CCC(=[N+](C)C)C5)cc4c3)n2c1. The Hall–Kier alpha value is -3.57. The molecule has 1 fully saturated rings. The van der Waals surface area contributed by atoms with Gasteiger partial charge in [-0.3, -0.25) is 9.38 Å². The van der Waals surface area contributed by atoms with Crippen molar-refractivity contribution in [2.75, 3.05) is 45.3 Å². The van der Waals surface area contributed by atoms with Crippen molar-refractivity contribution in [3.8, 4) is 0 Å².